The molecule has 0 aliphatic carbocycles. The summed E-state index contributed by atoms with van der Waals surface area (Å²) >= 11 is 0. The van der Waals surface area contributed by atoms with Crippen molar-refractivity contribution in [1.82, 2.24) is 0 Å². The van der Waals surface area contributed by atoms with Gasteiger partial charge in [0.15, 0.2) is 6.10 Å². The first-order chi connectivity index (χ1) is 5.91. The molecule has 0 spiro atoms. The van der Waals surface area contributed by atoms with E-state index < -0.39 is 37.0 Å². The summed E-state index contributed by atoms with van der Waals surface area (Å²) in [6.07, 6.45) is -7.84. The van der Waals surface area contributed by atoms with Crippen molar-refractivity contribution in [1.29, 1.82) is 0 Å². The highest BCUT2D eigenvalue weighted by Crippen LogP contribution is 2.04. The van der Waals surface area contributed by atoms with Crippen LogP contribution in [-0.4, -0.2) is 67.6 Å². The van der Waals surface area contributed by atoms with Crippen molar-refractivity contribution in [2.75, 3.05) is 6.61 Å². The topological polar surface area (TPSA) is 138 Å². The Morgan fingerprint density at radius 3 is 1.85 bits per heavy atom. The van der Waals surface area contributed by atoms with Gasteiger partial charge in [-0.3, -0.25) is 0 Å². The molecule has 6 N–H and O–H groups in total. The molecular weight excluding hydrogens is 184 g/mol. The Bertz CT molecular complexity index is 170. The summed E-state index contributed by atoms with van der Waals surface area (Å²) in [5.41, 5.74) is 0. The standard InChI is InChI=1S/C6H12O7/c7-1-2(8)3(9)4(10)5(11)6(12)13/h2-5,7-11H,1H2,(H,12,13)/t2?,3?,4-,5?/m0/s1. The van der Waals surface area contributed by atoms with Crippen LogP contribution in [0, 0.1) is 0 Å². The predicted octanol–water partition coefficient (Wildman–Crippen LogP) is -3.49. The van der Waals surface area contributed by atoms with E-state index in [4.69, 9.17) is 30.6 Å². The molecule has 7 nitrogen and oxygen atoms in total. The van der Waals surface area contributed by atoms with Gasteiger partial charge in [-0.2, -0.15) is 0 Å². The van der Waals surface area contributed by atoms with Crippen LogP contribution in [0.4, 0.5) is 0 Å². The van der Waals surface area contributed by atoms with Gasteiger partial charge in [0.25, 0.3) is 0 Å². The van der Waals surface area contributed by atoms with Crippen LogP contribution in [0.15, 0.2) is 0 Å². The summed E-state index contributed by atoms with van der Waals surface area (Å²) in [4.78, 5) is 10.1. The van der Waals surface area contributed by atoms with Crippen LogP contribution in [0.1, 0.15) is 0 Å². The number of carboxylic acid groups (broad SMARTS) is 1. The average Bonchev–Trinajstić information content (AvgIpc) is 2.12. The molecule has 0 heterocycles. The van der Waals surface area contributed by atoms with Gasteiger partial charge in [-0.1, -0.05) is 0 Å². The Labute approximate surface area is 73.5 Å². The Morgan fingerprint density at radius 2 is 1.54 bits per heavy atom. The van der Waals surface area contributed by atoms with E-state index in [0.717, 1.165) is 0 Å². The van der Waals surface area contributed by atoms with E-state index in [2.05, 4.69) is 0 Å². The highest BCUT2D eigenvalue weighted by Gasteiger charge is 2.33. The van der Waals surface area contributed by atoms with Gasteiger partial charge in [-0.05, 0) is 0 Å². The van der Waals surface area contributed by atoms with Crippen molar-refractivity contribution < 1.29 is 35.4 Å². The zero-order valence-electron chi connectivity index (χ0n) is 6.61. The van der Waals surface area contributed by atoms with Crippen LogP contribution in [0.3, 0.4) is 0 Å². The monoisotopic (exact) mass is 196 g/mol. The third-order valence-corrected chi connectivity index (χ3v) is 1.51. The first-order valence-electron chi connectivity index (χ1n) is 3.47. The molecule has 0 saturated heterocycles. The van der Waals surface area contributed by atoms with Crippen LogP contribution >= 0.6 is 0 Å². The first-order valence-corrected chi connectivity index (χ1v) is 3.47. The quantitative estimate of drug-likeness (QED) is 0.268. The second-order valence-corrected chi connectivity index (χ2v) is 2.51. The fraction of sp³-hybridized carbons (Fsp3) is 0.833. The number of hydrogen-bond acceptors (Lipinski definition) is 6. The van der Waals surface area contributed by atoms with Gasteiger partial charge >= 0.3 is 5.97 Å². The lowest BCUT2D eigenvalue weighted by molar-refractivity contribution is -0.164. The number of rotatable bonds is 5. The van der Waals surface area contributed by atoms with Gasteiger partial charge in [0.2, 0.25) is 0 Å². The molecule has 7 heteroatoms. The molecule has 0 aromatic heterocycles. The van der Waals surface area contributed by atoms with Crippen LogP contribution < -0.4 is 0 Å². The molecule has 0 aromatic carbocycles. The fourth-order valence-corrected chi connectivity index (χ4v) is 0.668. The molecule has 0 radical (unpaired) electrons. The van der Waals surface area contributed by atoms with Crippen molar-refractivity contribution >= 4 is 5.97 Å². The lowest BCUT2D eigenvalue weighted by Gasteiger charge is -2.23. The first kappa shape index (κ1) is 12.3. The Hall–Kier alpha value is -0.730. The van der Waals surface area contributed by atoms with E-state index in [1.54, 1.807) is 0 Å². The van der Waals surface area contributed by atoms with Crippen molar-refractivity contribution in [2.24, 2.45) is 0 Å². The lowest BCUT2D eigenvalue weighted by Crippen LogP contribution is -2.48. The smallest absolute Gasteiger partial charge is 0.335 e. The summed E-state index contributed by atoms with van der Waals surface area (Å²) in [7, 11) is 0. The molecule has 0 aliphatic rings. The molecule has 78 valence electrons. The van der Waals surface area contributed by atoms with Crippen molar-refractivity contribution in [2.45, 2.75) is 24.4 Å². The third kappa shape index (κ3) is 3.25. The Kier molecular flexibility index (Phi) is 4.81. The molecule has 4 atom stereocenters. The lowest BCUT2D eigenvalue weighted by atomic mass is 10.0. The number of carbonyl (C=O) groups is 1. The van der Waals surface area contributed by atoms with E-state index in [9.17, 15) is 4.79 Å². The van der Waals surface area contributed by atoms with Gasteiger partial charge in [0.1, 0.15) is 18.3 Å². The molecule has 13 heavy (non-hydrogen) atoms. The second kappa shape index (κ2) is 5.10. The van der Waals surface area contributed by atoms with E-state index in [0.29, 0.717) is 0 Å². The van der Waals surface area contributed by atoms with Crippen LogP contribution in [0.2, 0.25) is 0 Å². The largest absolute Gasteiger partial charge is 0.479 e. The van der Waals surface area contributed by atoms with Gasteiger partial charge < -0.3 is 30.6 Å². The molecule has 0 aliphatic heterocycles. The van der Waals surface area contributed by atoms with Gasteiger partial charge in [0.05, 0.1) is 6.61 Å². The number of aliphatic hydroxyl groups excluding tert-OH is 5. The SMILES string of the molecule is O=C(O)C(O)[C@@H](O)C(O)C(O)CO. The average molecular weight is 196 g/mol. The maximum Gasteiger partial charge on any atom is 0.335 e. The van der Waals surface area contributed by atoms with Crippen molar-refractivity contribution in [3.05, 3.63) is 0 Å². The molecule has 0 amide bonds. The molecule has 0 fully saturated rings. The van der Waals surface area contributed by atoms with Crippen LogP contribution in [-0.2, 0) is 4.79 Å². The second-order valence-electron chi connectivity index (χ2n) is 2.51. The highest BCUT2D eigenvalue weighted by molar-refractivity contribution is 5.72. The normalized spacial score (nSPS) is 20.4. The highest BCUT2D eigenvalue weighted by atomic mass is 16.4. The minimum Gasteiger partial charge on any atom is -0.479 e. The van der Waals surface area contributed by atoms with E-state index >= 15 is 0 Å². The minimum atomic E-state index is -2.20. The number of aliphatic carboxylic acids is 1. The molecule has 3 unspecified atom stereocenters. The maximum absolute atomic E-state index is 10.1. The summed E-state index contributed by atoms with van der Waals surface area (Å²) < 4.78 is 0. The minimum absolute atomic E-state index is 0.843. The zero-order chi connectivity index (χ0) is 10.6. The summed E-state index contributed by atoms with van der Waals surface area (Å²) in [5.74, 6) is -1.73. The van der Waals surface area contributed by atoms with Gasteiger partial charge in [-0.25, -0.2) is 4.79 Å². The van der Waals surface area contributed by atoms with Gasteiger partial charge in [0, 0.05) is 0 Å². The van der Waals surface area contributed by atoms with E-state index in [1.807, 2.05) is 0 Å². The molecule has 0 rings (SSSR count). The predicted molar refractivity (Wildman–Crippen MR) is 38.7 cm³/mol. The van der Waals surface area contributed by atoms with Crippen molar-refractivity contribution in [3.8, 4) is 0 Å². The number of aliphatic hydroxyl groups is 5. The van der Waals surface area contributed by atoms with Crippen LogP contribution in [0.25, 0.3) is 0 Å². The molecule has 0 bridgehead atoms. The maximum atomic E-state index is 10.1. The molecule has 0 saturated carbocycles. The summed E-state index contributed by atoms with van der Waals surface area (Å²) in [6, 6.07) is 0. The Morgan fingerprint density at radius 1 is 1.08 bits per heavy atom. The third-order valence-electron chi connectivity index (χ3n) is 1.51. The Balaban J connectivity index is 4.24. The van der Waals surface area contributed by atoms with Gasteiger partial charge in [-0.15, -0.1) is 0 Å². The molecular formula is C6H12O7. The number of hydrogen-bond donors (Lipinski definition) is 6. The van der Waals surface area contributed by atoms with E-state index in [1.165, 1.54) is 0 Å². The molecule has 0 aromatic rings. The van der Waals surface area contributed by atoms with E-state index in [-0.39, 0.29) is 0 Å². The zero-order valence-corrected chi connectivity index (χ0v) is 6.61. The number of carboxylic acids is 1. The summed E-state index contributed by atoms with van der Waals surface area (Å²) in [6.45, 7) is -0.843. The fourth-order valence-electron chi connectivity index (χ4n) is 0.668. The van der Waals surface area contributed by atoms with Crippen molar-refractivity contribution in [3.63, 3.8) is 0 Å². The van der Waals surface area contributed by atoms with Crippen LogP contribution in [0.5, 0.6) is 0 Å². The summed E-state index contributed by atoms with van der Waals surface area (Å²) in [5, 5.41) is 51.8.